The summed E-state index contributed by atoms with van der Waals surface area (Å²) in [4.78, 5) is 25.3. The van der Waals surface area contributed by atoms with Gasteiger partial charge in [-0.25, -0.2) is 0 Å². The average Bonchev–Trinajstić information content (AvgIpc) is 2.74. The predicted octanol–water partition coefficient (Wildman–Crippen LogP) is 1.30. The molecule has 2 aromatic carbocycles. The van der Waals surface area contributed by atoms with Gasteiger partial charge in [0, 0.05) is 5.69 Å². The lowest BCUT2D eigenvalue weighted by Crippen LogP contribution is -2.50. The number of carbonyl (C=O) groups is 2. The molecule has 2 unspecified atom stereocenters. The summed E-state index contributed by atoms with van der Waals surface area (Å²) in [7, 11) is 0. The number of nitrogens with one attached hydrogen (secondary N) is 2. The van der Waals surface area contributed by atoms with E-state index in [9.17, 15) is 9.59 Å². The van der Waals surface area contributed by atoms with Crippen molar-refractivity contribution in [2.75, 3.05) is 11.9 Å². The number of aliphatic hydroxyl groups excluding tert-OH is 1. The first-order chi connectivity index (χ1) is 14.0. The zero-order valence-corrected chi connectivity index (χ0v) is 16.5. The SMILES string of the molecule is NCCCCC(NC(=O)C(N)Cc1ccccc1)C(=O)Nc1ccc(CO)cc1. The first-order valence-corrected chi connectivity index (χ1v) is 9.84. The van der Waals surface area contributed by atoms with Gasteiger partial charge in [0.15, 0.2) is 0 Å². The third kappa shape index (κ3) is 7.65. The van der Waals surface area contributed by atoms with Crippen LogP contribution in [0.15, 0.2) is 54.6 Å². The van der Waals surface area contributed by atoms with Gasteiger partial charge in [-0.05, 0) is 55.5 Å². The van der Waals surface area contributed by atoms with Gasteiger partial charge in [-0.1, -0.05) is 42.5 Å². The molecule has 2 amide bonds. The van der Waals surface area contributed by atoms with E-state index in [-0.39, 0.29) is 18.4 Å². The monoisotopic (exact) mass is 398 g/mol. The summed E-state index contributed by atoms with van der Waals surface area (Å²) < 4.78 is 0. The number of amides is 2. The molecular weight excluding hydrogens is 368 g/mol. The molecule has 0 aliphatic heterocycles. The Balaban J connectivity index is 1.99. The van der Waals surface area contributed by atoms with Gasteiger partial charge in [0.25, 0.3) is 0 Å². The van der Waals surface area contributed by atoms with Crippen molar-refractivity contribution < 1.29 is 14.7 Å². The molecule has 0 aliphatic carbocycles. The summed E-state index contributed by atoms with van der Waals surface area (Å²) in [6.07, 6.45) is 2.35. The van der Waals surface area contributed by atoms with E-state index >= 15 is 0 Å². The number of hydrogen-bond donors (Lipinski definition) is 5. The minimum absolute atomic E-state index is 0.0642. The van der Waals surface area contributed by atoms with Crippen LogP contribution in [0.1, 0.15) is 30.4 Å². The number of benzene rings is 2. The van der Waals surface area contributed by atoms with Crippen LogP contribution in [0.4, 0.5) is 5.69 Å². The molecular formula is C22H30N4O3. The molecule has 29 heavy (non-hydrogen) atoms. The van der Waals surface area contributed by atoms with Crippen LogP contribution in [0.25, 0.3) is 0 Å². The van der Waals surface area contributed by atoms with Crippen molar-refractivity contribution in [1.82, 2.24) is 5.32 Å². The lowest BCUT2D eigenvalue weighted by molar-refractivity contribution is -0.127. The van der Waals surface area contributed by atoms with Crippen molar-refractivity contribution in [3.63, 3.8) is 0 Å². The number of rotatable bonds is 11. The van der Waals surface area contributed by atoms with Gasteiger partial charge in [-0.3, -0.25) is 9.59 Å². The van der Waals surface area contributed by atoms with Gasteiger partial charge in [0.2, 0.25) is 11.8 Å². The zero-order chi connectivity index (χ0) is 21.1. The molecule has 7 nitrogen and oxygen atoms in total. The molecule has 0 radical (unpaired) electrons. The first kappa shape index (κ1) is 22.5. The van der Waals surface area contributed by atoms with Crippen molar-refractivity contribution in [2.24, 2.45) is 11.5 Å². The van der Waals surface area contributed by atoms with Crippen LogP contribution in [-0.4, -0.2) is 35.5 Å². The number of anilines is 1. The van der Waals surface area contributed by atoms with Crippen LogP contribution in [0.2, 0.25) is 0 Å². The van der Waals surface area contributed by atoms with Crippen molar-refractivity contribution in [3.8, 4) is 0 Å². The average molecular weight is 399 g/mol. The summed E-state index contributed by atoms with van der Waals surface area (Å²) in [5.41, 5.74) is 13.9. The highest BCUT2D eigenvalue weighted by molar-refractivity contribution is 5.97. The number of nitrogens with two attached hydrogens (primary N) is 2. The molecule has 2 aromatic rings. The molecule has 0 heterocycles. The molecule has 0 saturated carbocycles. The van der Waals surface area contributed by atoms with Gasteiger partial charge in [0.05, 0.1) is 12.6 Å². The van der Waals surface area contributed by atoms with Gasteiger partial charge >= 0.3 is 0 Å². The maximum Gasteiger partial charge on any atom is 0.246 e. The number of hydrogen-bond acceptors (Lipinski definition) is 5. The highest BCUT2D eigenvalue weighted by Crippen LogP contribution is 2.12. The molecule has 0 fully saturated rings. The Labute approximate surface area is 171 Å². The Morgan fingerprint density at radius 1 is 0.931 bits per heavy atom. The van der Waals surface area contributed by atoms with E-state index in [1.807, 2.05) is 30.3 Å². The third-order valence-electron chi connectivity index (χ3n) is 4.62. The second-order valence-corrected chi connectivity index (χ2v) is 6.99. The summed E-state index contributed by atoms with van der Waals surface area (Å²) in [5, 5.41) is 14.7. The largest absolute Gasteiger partial charge is 0.392 e. The Bertz CT molecular complexity index is 765. The Hall–Kier alpha value is -2.74. The van der Waals surface area contributed by atoms with Gasteiger partial charge < -0.3 is 27.2 Å². The van der Waals surface area contributed by atoms with Crippen molar-refractivity contribution >= 4 is 17.5 Å². The molecule has 0 bridgehead atoms. The standard InChI is InChI=1S/C22H30N4O3/c23-13-5-4-8-20(22(29)25-18-11-9-17(15-27)10-12-18)26-21(28)19(24)14-16-6-2-1-3-7-16/h1-3,6-7,9-12,19-20,27H,4-5,8,13-15,23-24H2,(H,25,29)(H,26,28). The molecule has 0 saturated heterocycles. The maximum absolute atomic E-state index is 12.7. The van der Waals surface area contributed by atoms with E-state index in [1.54, 1.807) is 24.3 Å². The first-order valence-electron chi connectivity index (χ1n) is 9.84. The number of aliphatic hydroxyl groups is 1. The lowest BCUT2D eigenvalue weighted by atomic mass is 10.0. The van der Waals surface area contributed by atoms with Gasteiger partial charge in [-0.2, -0.15) is 0 Å². The van der Waals surface area contributed by atoms with Gasteiger partial charge in [0.1, 0.15) is 6.04 Å². The molecule has 2 atom stereocenters. The molecule has 0 spiro atoms. The molecule has 156 valence electrons. The van der Waals surface area contributed by atoms with E-state index in [0.717, 1.165) is 17.5 Å². The number of carbonyl (C=O) groups excluding carboxylic acids is 2. The normalized spacial score (nSPS) is 12.8. The van der Waals surface area contributed by atoms with Crippen molar-refractivity contribution in [1.29, 1.82) is 0 Å². The summed E-state index contributed by atoms with van der Waals surface area (Å²) in [6.45, 7) is 0.462. The molecule has 0 aromatic heterocycles. The predicted molar refractivity (Wildman–Crippen MR) is 114 cm³/mol. The molecule has 0 aliphatic rings. The van der Waals surface area contributed by atoms with Crippen LogP contribution in [0, 0.1) is 0 Å². The quantitative estimate of drug-likeness (QED) is 0.364. The topological polar surface area (TPSA) is 130 Å². The third-order valence-corrected chi connectivity index (χ3v) is 4.62. The second-order valence-electron chi connectivity index (χ2n) is 6.99. The lowest BCUT2D eigenvalue weighted by Gasteiger charge is -2.21. The van der Waals surface area contributed by atoms with E-state index in [4.69, 9.17) is 16.6 Å². The smallest absolute Gasteiger partial charge is 0.246 e. The van der Waals surface area contributed by atoms with Crippen LogP contribution in [0.3, 0.4) is 0 Å². The Morgan fingerprint density at radius 2 is 1.62 bits per heavy atom. The van der Waals surface area contributed by atoms with Crippen LogP contribution in [-0.2, 0) is 22.6 Å². The molecule has 7 heteroatoms. The van der Waals surface area contributed by atoms with E-state index in [1.165, 1.54) is 0 Å². The molecule has 2 rings (SSSR count). The maximum atomic E-state index is 12.7. The van der Waals surface area contributed by atoms with E-state index in [0.29, 0.717) is 31.5 Å². The van der Waals surface area contributed by atoms with Crippen molar-refractivity contribution in [3.05, 3.63) is 65.7 Å². The summed E-state index contributed by atoms with van der Waals surface area (Å²) in [6, 6.07) is 15.0. The fourth-order valence-corrected chi connectivity index (χ4v) is 2.92. The van der Waals surface area contributed by atoms with Gasteiger partial charge in [-0.15, -0.1) is 0 Å². The fourth-order valence-electron chi connectivity index (χ4n) is 2.92. The summed E-state index contributed by atoms with van der Waals surface area (Å²) in [5.74, 6) is -0.670. The fraction of sp³-hybridized carbons (Fsp3) is 0.364. The van der Waals surface area contributed by atoms with Crippen LogP contribution < -0.4 is 22.1 Å². The van der Waals surface area contributed by atoms with E-state index in [2.05, 4.69) is 10.6 Å². The van der Waals surface area contributed by atoms with Crippen LogP contribution >= 0.6 is 0 Å². The van der Waals surface area contributed by atoms with Crippen LogP contribution in [0.5, 0.6) is 0 Å². The highest BCUT2D eigenvalue weighted by atomic mass is 16.3. The molecule has 7 N–H and O–H groups in total. The number of unbranched alkanes of at least 4 members (excludes halogenated alkanes) is 1. The Morgan fingerprint density at radius 3 is 2.24 bits per heavy atom. The highest BCUT2D eigenvalue weighted by Gasteiger charge is 2.23. The second kappa shape index (κ2) is 12.0. The minimum Gasteiger partial charge on any atom is -0.392 e. The summed E-state index contributed by atoms with van der Waals surface area (Å²) >= 11 is 0. The van der Waals surface area contributed by atoms with Crippen molar-refractivity contribution in [2.45, 2.75) is 44.4 Å². The van der Waals surface area contributed by atoms with E-state index < -0.39 is 12.1 Å². The Kier molecular flexibility index (Phi) is 9.30. The zero-order valence-electron chi connectivity index (χ0n) is 16.5. The minimum atomic E-state index is -0.744.